The highest BCUT2D eigenvalue weighted by Gasteiger charge is 2.26. The molecule has 50 heavy (non-hydrogen) atoms. The smallest absolute Gasteiger partial charge is 0.137 e. The number of para-hydroxylation sites is 2. The van der Waals surface area contributed by atoms with E-state index in [1.165, 1.54) is 52.8 Å². The Morgan fingerprint density at radius 3 is 1.96 bits per heavy atom. The Hall–Kier alpha value is -6.36. The van der Waals surface area contributed by atoms with E-state index in [1.807, 2.05) is 11.3 Å². The minimum absolute atomic E-state index is 0.875. The van der Waals surface area contributed by atoms with E-state index in [9.17, 15) is 0 Å². The standard InChI is InChI=1S/C46H28N2OS/c1-2-15-31(16-3-1)47-36-20-8-6-18-34(36)44-37(47)21-11-22-38(44)48(40-24-10-19-33-32-17-7-9-26-43(32)50-46(33)40)39-23-12-25-41-45(39)35-27-29-13-4-5-14-30(29)28-42(35)49-41/h1-28H. The molecule has 0 spiro atoms. The van der Waals surface area contributed by atoms with Gasteiger partial charge in [-0.3, -0.25) is 0 Å². The van der Waals surface area contributed by atoms with Gasteiger partial charge in [-0.05, 0) is 77.5 Å². The van der Waals surface area contributed by atoms with E-state index >= 15 is 0 Å². The molecule has 3 aromatic heterocycles. The van der Waals surface area contributed by atoms with Crippen molar-refractivity contribution in [1.29, 1.82) is 0 Å². The monoisotopic (exact) mass is 656 g/mol. The van der Waals surface area contributed by atoms with Crippen LogP contribution in [0.15, 0.2) is 174 Å². The van der Waals surface area contributed by atoms with Crippen LogP contribution in [0.1, 0.15) is 0 Å². The molecule has 3 nitrogen and oxygen atoms in total. The number of nitrogens with zero attached hydrogens (tertiary/aromatic N) is 2. The third kappa shape index (κ3) is 3.91. The van der Waals surface area contributed by atoms with E-state index in [0.29, 0.717) is 0 Å². The Balaban J connectivity index is 1.31. The molecule has 0 fully saturated rings. The average molecular weight is 657 g/mol. The SMILES string of the molecule is c1ccc(-n2c3ccccc3c3c(N(c4cccc5c4sc4ccccc45)c4cccc5oc6cc7ccccc7cc6c45)cccc32)cc1. The molecular formula is C46H28N2OS. The van der Waals surface area contributed by atoms with Gasteiger partial charge in [0.1, 0.15) is 11.2 Å². The largest absolute Gasteiger partial charge is 0.456 e. The summed E-state index contributed by atoms with van der Waals surface area (Å²) in [6.45, 7) is 0. The van der Waals surface area contributed by atoms with E-state index in [0.717, 1.165) is 44.7 Å². The number of hydrogen-bond acceptors (Lipinski definition) is 3. The Labute approximate surface area is 291 Å². The lowest BCUT2D eigenvalue weighted by molar-refractivity contribution is 0.669. The Morgan fingerprint density at radius 1 is 0.440 bits per heavy atom. The molecule has 11 rings (SSSR count). The van der Waals surface area contributed by atoms with Gasteiger partial charge in [-0.15, -0.1) is 11.3 Å². The van der Waals surface area contributed by atoms with Crippen LogP contribution in [0.25, 0.3) is 80.4 Å². The molecule has 0 unspecified atom stereocenters. The fourth-order valence-corrected chi connectivity index (χ4v) is 9.23. The van der Waals surface area contributed by atoms with Crippen LogP contribution in [0, 0.1) is 0 Å². The molecule has 0 saturated heterocycles. The van der Waals surface area contributed by atoms with Gasteiger partial charge in [0.25, 0.3) is 0 Å². The van der Waals surface area contributed by atoms with Gasteiger partial charge in [0.05, 0.1) is 38.2 Å². The third-order valence-electron chi connectivity index (χ3n) is 10.1. The zero-order chi connectivity index (χ0) is 32.8. The van der Waals surface area contributed by atoms with E-state index in [1.54, 1.807) is 0 Å². The van der Waals surface area contributed by atoms with Crippen LogP contribution in [0.4, 0.5) is 17.1 Å². The second-order valence-electron chi connectivity index (χ2n) is 12.9. The molecule has 0 bridgehead atoms. The van der Waals surface area contributed by atoms with Gasteiger partial charge in [-0.1, -0.05) is 103 Å². The lowest BCUT2D eigenvalue weighted by atomic mass is 10.0. The fourth-order valence-electron chi connectivity index (χ4n) is 8.02. The Kier molecular flexibility index (Phi) is 5.83. The summed E-state index contributed by atoms with van der Waals surface area (Å²) in [5, 5.41) is 9.56. The zero-order valence-corrected chi connectivity index (χ0v) is 27.7. The first-order valence-electron chi connectivity index (χ1n) is 16.9. The Bertz CT molecular complexity index is 3110. The van der Waals surface area contributed by atoms with Crippen molar-refractivity contribution in [2.45, 2.75) is 0 Å². The Morgan fingerprint density at radius 2 is 1.08 bits per heavy atom. The summed E-state index contributed by atoms with van der Waals surface area (Å²) in [4.78, 5) is 2.49. The van der Waals surface area contributed by atoms with E-state index in [2.05, 4.69) is 179 Å². The lowest BCUT2D eigenvalue weighted by Crippen LogP contribution is -2.11. The highest BCUT2D eigenvalue weighted by Crippen LogP contribution is 2.51. The highest BCUT2D eigenvalue weighted by molar-refractivity contribution is 7.26. The minimum Gasteiger partial charge on any atom is -0.456 e. The summed E-state index contributed by atoms with van der Waals surface area (Å²) in [5.41, 5.74) is 8.62. The molecule has 8 aromatic carbocycles. The minimum atomic E-state index is 0.875. The lowest BCUT2D eigenvalue weighted by Gasteiger charge is -2.28. The number of thiophene rings is 1. The molecule has 4 heteroatoms. The summed E-state index contributed by atoms with van der Waals surface area (Å²) in [5.74, 6) is 0. The molecule has 234 valence electrons. The van der Waals surface area contributed by atoms with Gasteiger partial charge in [-0.2, -0.15) is 0 Å². The van der Waals surface area contributed by atoms with Crippen LogP contribution in [0.5, 0.6) is 0 Å². The van der Waals surface area contributed by atoms with Crippen molar-refractivity contribution in [3.05, 3.63) is 170 Å². The second-order valence-corrected chi connectivity index (χ2v) is 13.9. The van der Waals surface area contributed by atoms with Crippen LogP contribution in [0.3, 0.4) is 0 Å². The molecule has 0 saturated carbocycles. The maximum absolute atomic E-state index is 6.65. The maximum Gasteiger partial charge on any atom is 0.137 e. The van der Waals surface area contributed by atoms with E-state index in [4.69, 9.17) is 4.42 Å². The van der Waals surface area contributed by atoms with Crippen molar-refractivity contribution < 1.29 is 4.42 Å². The molecule has 0 radical (unpaired) electrons. The molecule has 3 heterocycles. The number of rotatable bonds is 4. The molecular weight excluding hydrogens is 629 g/mol. The predicted molar refractivity (Wildman–Crippen MR) is 213 cm³/mol. The molecule has 0 amide bonds. The second kappa shape index (κ2) is 10.6. The van der Waals surface area contributed by atoms with Crippen LogP contribution in [-0.4, -0.2) is 4.57 Å². The summed E-state index contributed by atoms with van der Waals surface area (Å²) in [6.07, 6.45) is 0. The topological polar surface area (TPSA) is 21.3 Å². The molecule has 0 atom stereocenters. The summed E-state index contributed by atoms with van der Waals surface area (Å²) >= 11 is 1.86. The molecule has 0 aliphatic carbocycles. The average Bonchev–Trinajstić information content (AvgIpc) is 3.84. The summed E-state index contributed by atoms with van der Waals surface area (Å²) < 4.78 is 11.6. The number of furan rings is 1. The molecule has 0 aliphatic heterocycles. The van der Waals surface area contributed by atoms with Gasteiger partial charge in [0, 0.05) is 37.3 Å². The van der Waals surface area contributed by atoms with Gasteiger partial charge >= 0.3 is 0 Å². The summed E-state index contributed by atoms with van der Waals surface area (Å²) in [7, 11) is 0. The van der Waals surface area contributed by atoms with Crippen LogP contribution < -0.4 is 4.90 Å². The maximum atomic E-state index is 6.65. The first-order chi connectivity index (χ1) is 24.8. The predicted octanol–water partition coefficient (Wildman–Crippen LogP) is 13.7. The first kappa shape index (κ1) is 27.6. The zero-order valence-electron chi connectivity index (χ0n) is 26.9. The van der Waals surface area contributed by atoms with Crippen molar-refractivity contribution in [3.63, 3.8) is 0 Å². The number of benzene rings is 8. The molecule has 0 aliphatic rings. The fraction of sp³-hybridized carbons (Fsp3) is 0. The van der Waals surface area contributed by atoms with Crippen molar-refractivity contribution in [1.82, 2.24) is 4.57 Å². The normalized spacial score (nSPS) is 12.0. The van der Waals surface area contributed by atoms with Crippen molar-refractivity contribution in [3.8, 4) is 5.69 Å². The van der Waals surface area contributed by atoms with Gasteiger partial charge in [0.15, 0.2) is 0 Å². The van der Waals surface area contributed by atoms with Gasteiger partial charge in [0.2, 0.25) is 0 Å². The van der Waals surface area contributed by atoms with Crippen LogP contribution in [0.2, 0.25) is 0 Å². The summed E-state index contributed by atoms with van der Waals surface area (Å²) in [6, 6.07) is 61.2. The number of aromatic nitrogens is 1. The van der Waals surface area contributed by atoms with Crippen molar-refractivity contribution >= 4 is 103 Å². The van der Waals surface area contributed by atoms with Gasteiger partial charge < -0.3 is 13.9 Å². The quantitative estimate of drug-likeness (QED) is 0.188. The van der Waals surface area contributed by atoms with Crippen LogP contribution in [-0.2, 0) is 0 Å². The van der Waals surface area contributed by atoms with Crippen molar-refractivity contribution in [2.24, 2.45) is 0 Å². The van der Waals surface area contributed by atoms with E-state index < -0.39 is 0 Å². The third-order valence-corrected chi connectivity index (χ3v) is 11.3. The van der Waals surface area contributed by atoms with Gasteiger partial charge in [-0.25, -0.2) is 0 Å². The number of fused-ring (bicyclic) bond motifs is 10. The number of anilines is 3. The van der Waals surface area contributed by atoms with Crippen LogP contribution >= 0.6 is 11.3 Å². The molecule has 11 aromatic rings. The first-order valence-corrected chi connectivity index (χ1v) is 17.8. The number of hydrogen-bond donors (Lipinski definition) is 0. The molecule has 0 N–H and O–H groups in total. The van der Waals surface area contributed by atoms with E-state index in [-0.39, 0.29) is 0 Å². The van der Waals surface area contributed by atoms with Crippen molar-refractivity contribution in [2.75, 3.05) is 4.90 Å². The highest BCUT2D eigenvalue weighted by atomic mass is 32.1.